The first-order valence-corrected chi connectivity index (χ1v) is 9.33. The molecule has 1 fully saturated rings. The maximum Gasteiger partial charge on any atom is 0.259 e. The van der Waals surface area contributed by atoms with Crippen LogP contribution in [0.1, 0.15) is 34.6 Å². The van der Waals surface area contributed by atoms with Crippen LogP contribution in [0.4, 0.5) is 5.69 Å². The number of aryl methyl sites for hydroxylation is 2. The summed E-state index contributed by atoms with van der Waals surface area (Å²) in [7, 11) is 0. The summed E-state index contributed by atoms with van der Waals surface area (Å²) < 4.78 is 11.3. The van der Waals surface area contributed by atoms with Crippen molar-refractivity contribution >= 4 is 34.7 Å². The first-order chi connectivity index (χ1) is 13.1. The molecule has 3 aromatic rings. The molecule has 1 saturated heterocycles. The minimum atomic E-state index is 0.136. The van der Waals surface area contributed by atoms with E-state index in [0.717, 1.165) is 49.3 Å². The molecule has 0 spiro atoms. The Hall–Kier alpha value is -2.60. The maximum atomic E-state index is 11.9. The van der Waals surface area contributed by atoms with Crippen LogP contribution in [-0.4, -0.2) is 35.6 Å². The Bertz CT molecular complexity index is 976. The van der Waals surface area contributed by atoms with Gasteiger partial charge in [-0.15, -0.1) is 0 Å². The van der Waals surface area contributed by atoms with Crippen LogP contribution in [0.25, 0.3) is 11.1 Å². The fraction of sp³-hybridized carbons (Fsp3) is 0.350. The molecule has 0 saturated carbocycles. The molecular formula is C20H20ClN3O3. The summed E-state index contributed by atoms with van der Waals surface area (Å²) in [5.41, 5.74) is 3.35. The van der Waals surface area contributed by atoms with Crippen LogP contribution in [0.3, 0.4) is 0 Å². The average Bonchev–Trinajstić information content (AvgIpc) is 3.04. The fourth-order valence-corrected chi connectivity index (χ4v) is 3.81. The van der Waals surface area contributed by atoms with Crippen molar-refractivity contribution in [2.45, 2.75) is 32.8 Å². The van der Waals surface area contributed by atoms with E-state index in [2.05, 4.69) is 15.0 Å². The van der Waals surface area contributed by atoms with Crippen LogP contribution in [0.2, 0.25) is 5.02 Å². The van der Waals surface area contributed by atoms with Crippen LogP contribution in [0.5, 0.6) is 5.75 Å². The van der Waals surface area contributed by atoms with Crippen molar-refractivity contribution < 1.29 is 14.1 Å². The number of halogens is 1. The number of aromatic nitrogens is 2. The van der Waals surface area contributed by atoms with Crippen LogP contribution < -0.4 is 9.64 Å². The second kappa shape index (κ2) is 7.19. The monoisotopic (exact) mass is 385 g/mol. The molecule has 0 radical (unpaired) electrons. The number of hydrogen-bond donors (Lipinski definition) is 0. The van der Waals surface area contributed by atoms with Gasteiger partial charge >= 0.3 is 0 Å². The van der Waals surface area contributed by atoms with Gasteiger partial charge in [-0.2, -0.15) is 0 Å². The quantitative estimate of drug-likeness (QED) is 0.622. The van der Waals surface area contributed by atoms with E-state index in [0.29, 0.717) is 27.4 Å². The number of benzene rings is 1. The van der Waals surface area contributed by atoms with Crippen molar-refractivity contribution in [3.8, 4) is 5.75 Å². The van der Waals surface area contributed by atoms with Crippen molar-refractivity contribution in [2.24, 2.45) is 0 Å². The number of nitrogens with zero attached hydrogens (tertiary/aromatic N) is 3. The molecule has 2 aromatic heterocycles. The third-order valence-electron chi connectivity index (χ3n) is 4.97. The highest BCUT2D eigenvalue weighted by Gasteiger charge is 2.26. The van der Waals surface area contributed by atoms with Gasteiger partial charge in [0.1, 0.15) is 11.9 Å². The molecule has 1 aliphatic rings. The van der Waals surface area contributed by atoms with Crippen molar-refractivity contribution in [1.29, 1.82) is 0 Å². The molecule has 0 amide bonds. The number of fused-ring (bicyclic) bond motifs is 1. The van der Waals surface area contributed by atoms with E-state index in [1.54, 1.807) is 0 Å². The van der Waals surface area contributed by atoms with Gasteiger partial charge in [0, 0.05) is 31.0 Å². The fourth-order valence-electron chi connectivity index (χ4n) is 3.68. The lowest BCUT2D eigenvalue weighted by atomic mass is 10.0. The average molecular weight is 386 g/mol. The lowest BCUT2D eigenvalue weighted by molar-refractivity contribution is 0.112. The molecule has 1 aliphatic heterocycles. The first kappa shape index (κ1) is 17.8. The molecule has 6 nitrogen and oxygen atoms in total. The molecule has 27 heavy (non-hydrogen) atoms. The number of carbonyl (C=O) groups is 1. The maximum absolute atomic E-state index is 11.9. The zero-order valence-corrected chi connectivity index (χ0v) is 16.0. The Labute approximate surface area is 162 Å². The molecule has 3 heterocycles. The molecule has 4 rings (SSSR count). The lowest BCUT2D eigenvalue weighted by Crippen LogP contribution is -2.39. The number of piperidine rings is 1. The highest BCUT2D eigenvalue weighted by atomic mass is 35.5. The number of hydrogen-bond acceptors (Lipinski definition) is 6. The molecule has 0 N–H and O–H groups in total. The smallest absolute Gasteiger partial charge is 0.259 e. The Balaban J connectivity index is 1.54. The van der Waals surface area contributed by atoms with Gasteiger partial charge in [-0.3, -0.25) is 4.79 Å². The van der Waals surface area contributed by atoms with Crippen LogP contribution in [0, 0.1) is 13.8 Å². The summed E-state index contributed by atoms with van der Waals surface area (Å²) in [6.07, 6.45) is 2.74. The van der Waals surface area contributed by atoms with E-state index in [1.807, 2.05) is 38.1 Å². The predicted molar refractivity (Wildman–Crippen MR) is 104 cm³/mol. The minimum Gasteiger partial charge on any atom is -0.490 e. The van der Waals surface area contributed by atoms with Crippen molar-refractivity contribution in [2.75, 3.05) is 18.0 Å². The summed E-state index contributed by atoms with van der Waals surface area (Å²) in [5, 5.41) is 5.35. The van der Waals surface area contributed by atoms with Gasteiger partial charge in [0.15, 0.2) is 6.29 Å². The van der Waals surface area contributed by atoms with Crippen LogP contribution in [-0.2, 0) is 0 Å². The molecular weight excluding hydrogens is 366 g/mol. The number of rotatable bonds is 4. The van der Waals surface area contributed by atoms with E-state index in [4.69, 9.17) is 20.9 Å². The van der Waals surface area contributed by atoms with Gasteiger partial charge < -0.3 is 14.2 Å². The summed E-state index contributed by atoms with van der Waals surface area (Å²) in [4.78, 5) is 18.6. The summed E-state index contributed by atoms with van der Waals surface area (Å²) >= 11 is 5.92. The van der Waals surface area contributed by atoms with E-state index >= 15 is 0 Å². The molecule has 0 aliphatic carbocycles. The molecule has 140 valence electrons. The minimum absolute atomic E-state index is 0.136. The van der Waals surface area contributed by atoms with E-state index in [1.165, 1.54) is 0 Å². The Morgan fingerprint density at radius 3 is 2.56 bits per heavy atom. The highest BCUT2D eigenvalue weighted by molar-refractivity contribution is 6.30. The molecule has 0 bridgehead atoms. The Morgan fingerprint density at radius 1 is 1.19 bits per heavy atom. The van der Waals surface area contributed by atoms with E-state index in [9.17, 15) is 4.79 Å². The van der Waals surface area contributed by atoms with Crippen molar-refractivity contribution in [3.63, 3.8) is 0 Å². The number of pyridine rings is 1. The number of aldehydes is 1. The third-order valence-corrected chi connectivity index (χ3v) is 5.23. The summed E-state index contributed by atoms with van der Waals surface area (Å²) in [6, 6.07) is 7.42. The highest BCUT2D eigenvalue weighted by Crippen LogP contribution is 2.33. The predicted octanol–water partition coefficient (Wildman–Crippen LogP) is 4.35. The lowest BCUT2D eigenvalue weighted by Gasteiger charge is -2.35. The van der Waals surface area contributed by atoms with Crippen LogP contribution in [0.15, 0.2) is 28.8 Å². The number of ether oxygens (including phenoxy) is 1. The topological polar surface area (TPSA) is 68.5 Å². The van der Waals surface area contributed by atoms with Crippen LogP contribution >= 0.6 is 11.6 Å². The van der Waals surface area contributed by atoms with Gasteiger partial charge in [-0.1, -0.05) is 16.8 Å². The molecule has 7 heteroatoms. The van der Waals surface area contributed by atoms with Crippen molar-refractivity contribution in [1.82, 2.24) is 10.1 Å². The first-order valence-electron chi connectivity index (χ1n) is 8.95. The standard InChI is InChI=1S/C20H20ClN3O3/c1-12-18-17(11-25)19(13(2)22-20(18)27-23-12)24-9-7-16(8-10-24)26-15-5-3-14(21)4-6-15/h3-6,11,16H,7-10H2,1-2H3. The summed E-state index contributed by atoms with van der Waals surface area (Å²) in [5.74, 6) is 0.825. The molecule has 0 atom stereocenters. The SMILES string of the molecule is Cc1nc2onc(C)c2c(C=O)c1N1CCC(Oc2ccc(Cl)cc2)CC1. The van der Waals surface area contributed by atoms with Crippen molar-refractivity contribution in [3.05, 3.63) is 46.2 Å². The second-order valence-electron chi connectivity index (χ2n) is 6.78. The normalized spacial score (nSPS) is 15.3. The number of carbonyl (C=O) groups excluding carboxylic acids is 1. The van der Waals surface area contributed by atoms with E-state index in [-0.39, 0.29) is 6.10 Å². The van der Waals surface area contributed by atoms with Gasteiger partial charge in [-0.25, -0.2) is 4.98 Å². The largest absolute Gasteiger partial charge is 0.490 e. The number of anilines is 1. The second-order valence-corrected chi connectivity index (χ2v) is 7.22. The third kappa shape index (κ3) is 3.37. The Morgan fingerprint density at radius 2 is 1.89 bits per heavy atom. The summed E-state index contributed by atoms with van der Waals surface area (Å²) in [6.45, 7) is 5.30. The Kier molecular flexibility index (Phi) is 4.74. The van der Waals surface area contributed by atoms with Gasteiger partial charge in [0.2, 0.25) is 0 Å². The van der Waals surface area contributed by atoms with E-state index < -0.39 is 0 Å². The zero-order chi connectivity index (χ0) is 19.0. The molecule has 1 aromatic carbocycles. The van der Waals surface area contributed by atoms with Gasteiger partial charge in [0.05, 0.1) is 28.0 Å². The molecule has 0 unspecified atom stereocenters. The van der Waals surface area contributed by atoms with Gasteiger partial charge in [-0.05, 0) is 38.1 Å². The zero-order valence-electron chi connectivity index (χ0n) is 15.2. The van der Waals surface area contributed by atoms with Gasteiger partial charge in [0.25, 0.3) is 5.71 Å².